The standard InChI is InChI=1S/C17H18BrF2N5O2S/c1-7-10(6-21)16(28-13(7)17(27)24(4)5)22-15(26)9(3)25-8(2)11(18)12(23-25)14(19)20/h9,14H,1-5H3,(H,22,26). The quantitative estimate of drug-likeness (QED) is 0.709. The fraction of sp³-hybridized carbons (Fsp3) is 0.412. The number of aromatic nitrogens is 2. The monoisotopic (exact) mass is 473 g/mol. The lowest BCUT2D eigenvalue weighted by Gasteiger charge is -2.14. The van der Waals surface area contributed by atoms with Crippen molar-refractivity contribution in [3.05, 3.63) is 31.9 Å². The first-order chi connectivity index (χ1) is 13.0. The van der Waals surface area contributed by atoms with Crippen LogP contribution in [0.3, 0.4) is 0 Å². The van der Waals surface area contributed by atoms with Gasteiger partial charge in [0.1, 0.15) is 22.8 Å². The first-order valence-electron chi connectivity index (χ1n) is 8.09. The van der Waals surface area contributed by atoms with E-state index in [1.807, 2.05) is 6.07 Å². The number of nitrogens with zero attached hydrogens (tertiary/aromatic N) is 4. The van der Waals surface area contributed by atoms with Gasteiger partial charge in [0.15, 0.2) is 0 Å². The number of hydrogen-bond acceptors (Lipinski definition) is 5. The Balaban J connectivity index is 2.35. The highest BCUT2D eigenvalue weighted by molar-refractivity contribution is 9.10. The molecule has 0 aliphatic heterocycles. The number of alkyl halides is 2. The largest absolute Gasteiger partial charge is 0.344 e. The summed E-state index contributed by atoms with van der Waals surface area (Å²) in [6.45, 7) is 4.71. The number of halogens is 3. The fourth-order valence-electron chi connectivity index (χ4n) is 2.51. The summed E-state index contributed by atoms with van der Waals surface area (Å²) in [6, 6.07) is 1.09. The van der Waals surface area contributed by atoms with Crippen LogP contribution >= 0.6 is 27.3 Å². The molecule has 1 N–H and O–H groups in total. The molecular weight excluding hydrogens is 456 g/mol. The van der Waals surface area contributed by atoms with Crippen LogP contribution in [0, 0.1) is 25.2 Å². The highest BCUT2D eigenvalue weighted by Gasteiger charge is 2.27. The highest BCUT2D eigenvalue weighted by Crippen LogP contribution is 2.34. The molecule has 0 aliphatic carbocycles. The van der Waals surface area contributed by atoms with Crippen LogP contribution in [0.2, 0.25) is 0 Å². The van der Waals surface area contributed by atoms with Crippen molar-refractivity contribution in [2.24, 2.45) is 0 Å². The van der Waals surface area contributed by atoms with Crippen molar-refractivity contribution in [3.63, 3.8) is 0 Å². The van der Waals surface area contributed by atoms with Crippen LogP contribution in [0.15, 0.2) is 4.47 Å². The molecule has 0 bridgehead atoms. The lowest BCUT2D eigenvalue weighted by Crippen LogP contribution is -2.25. The van der Waals surface area contributed by atoms with E-state index in [9.17, 15) is 23.6 Å². The molecule has 0 spiro atoms. The van der Waals surface area contributed by atoms with Gasteiger partial charge in [-0.15, -0.1) is 11.3 Å². The molecule has 2 aromatic rings. The van der Waals surface area contributed by atoms with E-state index >= 15 is 0 Å². The summed E-state index contributed by atoms with van der Waals surface area (Å²) in [6.07, 6.45) is -2.78. The number of carbonyl (C=O) groups is 2. The van der Waals surface area contributed by atoms with Gasteiger partial charge in [0.2, 0.25) is 5.91 Å². The van der Waals surface area contributed by atoms with Crippen LogP contribution in [0.4, 0.5) is 13.8 Å². The second kappa shape index (κ2) is 8.36. The minimum atomic E-state index is -2.78. The van der Waals surface area contributed by atoms with E-state index in [0.29, 0.717) is 16.1 Å². The highest BCUT2D eigenvalue weighted by atomic mass is 79.9. The van der Waals surface area contributed by atoms with Crippen molar-refractivity contribution >= 4 is 44.1 Å². The second-order valence-corrected chi connectivity index (χ2v) is 8.08. The van der Waals surface area contributed by atoms with Crippen molar-refractivity contribution in [2.75, 3.05) is 19.4 Å². The Labute approximate surface area is 173 Å². The molecule has 0 aromatic carbocycles. The Bertz CT molecular complexity index is 977. The molecule has 11 heteroatoms. The SMILES string of the molecule is Cc1c(C(=O)N(C)C)sc(NC(=O)C(C)n2nc(C(F)F)c(Br)c2C)c1C#N. The molecule has 0 radical (unpaired) electrons. The van der Waals surface area contributed by atoms with Crippen LogP contribution in [-0.2, 0) is 4.79 Å². The predicted octanol–water partition coefficient (Wildman–Crippen LogP) is 4.03. The van der Waals surface area contributed by atoms with Crippen molar-refractivity contribution in [2.45, 2.75) is 33.2 Å². The van der Waals surface area contributed by atoms with Crippen molar-refractivity contribution in [3.8, 4) is 6.07 Å². The van der Waals surface area contributed by atoms with E-state index < -0.39 is 24.1 Å². The number of amides is 2. The van der Waals surface area contributed by atoms with Crippen LogP contribution in [0.1, 0.15) is 51.6 Å². The molecule has 2 heterocycles. The molecule has 7 nitrogen and oxygen atoms in total. The number of rotatable bonds is 5. The maximum atomic E-state index is 13.0. The van der Waals surface area contributed by atoms with Gasteiger partial charge in [-0.2, -0.15) is 10.4 Å². The number of nitrogens with one attached hydrogen (secondary N) is 1. The first-order valence-corrected chi connectivity index (χ1v) is 9.70. The average molecular weight is 474 g/mol. The third-order valence-electron chi connectivity index (χ3n) is 4.15. The zero-order chi connectivity index (χ0) is 21.3. The zero-order valence-corrected chi connectivity index (χ0v) is 18.2. The normalized spacial score (nSPS) is 12.0. The number of nitriles is 1. The van der Waals surface area contributed by atoms with E-state index in [4.69, 9.17) is 0 Å². The van der Waals surface area contributed by atoms with Gasteiger partial charge in [0.05, 0.1) is 20.6 Å². The molecule has 0 fully saturated rings. The summed E-state index contributed by atoms with van der Waals surface area (Å²) in [5.41, 5.74) is 0.611. The van der Waals surface area contributed by atoms with Crippen molar-refractivity contribution in [1.29, 1.82) is 5.26 Å². The van der Waals surface area contributed by atoms with Crippen molar-refractivity contribution < 1.29 is 18.4 Å². The molecule has 0 saturated heterocycles. The van der Waals surface area contributed by atoms with Crippen LogP contribution < -0.4 is 5.32 Å². The number of carbonyl (C=O) groups excluding carboxylic acids is 2. The Morgan fingerprint density at radius 1 is 1.36 bits per heavy atom. The van der Waals surface area contributed by atoms with E-state index in [-0.39, 0.29) is 20.9 Å². The average Bonchev–Trinajstić information content (AvgIpc) is 3.10. The Kier molecular flexibility index (Phi) is 6.56. The number of thiophene rings is 1. The Morgan fingerprint density at radius 2 is 1.96 bits per heavy atom. The van der Waals surface area contributed by atoms with Gasteiger partial charge in [-0.05, 0) is 42.3 Å². The lowest BCUT2D eigenvalue weighted by atomic mass is 10.1. The fourth-order valence-corrected chi connectivity index (χ4v) is 4.12. The molecule has 2 amide bonds. The van der Waals surface area contributed by atoms with E-state index in [1.165, 1.54) is 16.5 Å². The van der Waals surface area contributed by atoms with Crippen LogP contribution in [0.5, 0.6) is 0 Å². The summed E-state index contributed by atoms with van der Waals surface area (Å²) < 4.78 is 27.4. The van der Waals surface area contributed by atoms with Gasteiger partial charge in [-0.1, -0.05) is 0 Å². The van der Waals surface area contributed by atoms with E-state index in [1.54, 1.807) is 27.9 Å². The maximum Gasteiger partial charge on any atom is 0.283 e. The molecule has 2 rings (SSSR count). The van der Waals surface area contributed by atoms with Gasteiger partial charge < -0.3 is 10.2 Å². The van der Waals surface area contributed by atoms with Gasteiger partial charge in [-0.3, -0.25) is 14.3 Å². The maximum absolute atomic E-state index is 13.0. The zero-order valence-electron chi connectivity index (χ0n) is 15.8. The Morgan fingerprint density at radius 3 is 2.43 bits per heavy atom. The third-order valence-corrected chi connectivity index (χ3v) is 6.33. The third kappa shape index (κ3) is 3.93. The van der Waals surface area contributed by atoms with Crippen LogP contribution in [-0.4, -0.2) is 40.6 Å². The second-order valence-electron chi connectivity index (χ2n) is 6.27. The predicted molar refractivity (Wildman–Crippen MR) is 105 cm³/mol. The minimum absolute atomic E-state index is 0.144. The smallest absolute Gasteiger partial charge is 0.283 e. The first kappa shape index (κ1) is 22.0. The van der Waals surface area contributed by atoms with Crippen molar-refractivity contribution in [1.82, 2.24) is 14.7 Å². The lowest BCUT2D eigenvalue weighted by molar-refractivity contribution is -0.119. The summed E-state index contributed by atoms with van der Waals surface area (Å²) in [7, 11) is 3.18. The molecule has 2 aromatic heterocycles. The van der Waals surface area contributed by atoms with E-state index in [2.05, 4.69) is 26.3 Å². The van der Waals surface area contributed by atoms with Crippen LogP contribution in [0.25, 0.3) is 0 Å². The topological polar surface area (TPSA) is 91.0 Å². The summed E-state index contributed by atoms with van der Waals surface area (Å²) in [5.74, 6) is -0.818. The Hall–Kier alpha value is -2.32. The molecule has 1 unspecified atom stereocenters. The molecule has 28 heavy (non-hydrogen) atoms. The molecule has 1 atom stereocenters. The minimum Gasteiger partial charge on any atom is -0.344 e. The molecule has 0 aliphatic rings. The summed E-state index contributed by atoms with van der Waals surface area (Å²) in [5, 5.41) is 16.1. The number of anilines is 1. The molecule has 150 valence electrons. The van der Waals surface area contributed by atoms with E-state index in [0.717, 1.165) is 11.3 Å². The molecule has 0 saturated carbocycles. The summed E-state index contributed by atoms with van der Waals surface area (Å²) in [4.78, 5) is 26.7. The van der Waals surface area contributed by atoms with Gasteiger partial charge in [0.25, 0.3) is 12.3 Å². The van der Waals surface area contributed by atoms with Gasteiger partial charge >= 0.3 is 0 Å². The number of hydrogen-bond donors (Lipinski definition) is 1. The molecular formula is C17H18BrF2N5O2S. The summed E-state index contributed by atoms with van der Waals surface area (Å²) >= 11 is 4.07. The van der Waals surface area contributed by atoms with Gasteiger partial charge in [0, 0.05) is 14.1 Å². The van der Waals surface area contributed by atoms with Gasteiger partial charge in [-0.25, -0.2) is 8.78 Å².